The van der Waals surface area contributed by atoms with Crippen molar-refractivity contribution < 1.29 is 14.3 Å². The van der Waals surface area contributed by atoms with Crippen molar-refractivity contribution in [1.82, 2.24) is 14.8 Å². The second-order valence-corrected chi connectivity index (χ2v) is 7.51. The van der Waals surface area contributed by atoms with Crippen molar-refractivity contribution in [2.45, 2.75) is 39.3 Å². The number of nitrogens with zero attached hydrogens (tertiary/aromatic N) is 3. The van der Waals surface area contributed by atoms with E-state index < -0.39 is 5.97 Å². The first-order valence-corrected chi connectivity index (χ1v) is 9.77. The highest BCUT2D eigenvalue weighted by molar-refractivity contribution is 7.99. The van der Waals surface area contributed by atoms with Crippen LogP contribution in [0.4, 0.5) is 5.00 Å². The van der Waals surface area contributed by atoms with Crippen molar-refractivity contribution in [2.75, 3.05) is 17.7 Å². The van der Waals surface area contributed by atoms with Crippen LogP contribution in [-0.2, 0) is 23.0 Å². The maximum Gasteiger partial charge on any atom is 0.341 e. The molecule has 0 bridgehead atoms. The van der Waals surface area contributed by atoms with Crippen molar-refractivity contribution >= 4 is 40.0 Å². The lowest BCUT2D eigenvalue weighted by Crippen LogP contribution is -2.17. The summed E-state index contributed by atoms with van der Waals surface area (Å²) in [6, 6.07) is 0. The minimum atomic E-state index is -0.393. The van der Waals surface area contributed by atoms with Gasteiger partial charge in [0.05, 0.1) is 17.9 Å². The number of aryl methyl sites for hydroxylation is 2. The zero-order valence-electron chi connectivity index (χ0n) is 15.0. The first-order valence-electron chi connectivity index (χ1n) is 7.97. The fourth-order valence-electron chi connectivity index (χ4n) is 2.32. The Hall–Kier alpha value is -1.87. The molecule has 0 aromatic carbocycles. The summed E-state index contributed by atoms with van der Waals surface area (Å²) in [5, 5.41) is 12.1. The molecule has 0 atom stereocenters. The summed E-state index contributed by atoms with van der Waals surface area (Å²) in [5.74, 6) is 0.386. The molecule has 1 N–H and O–H groups in total. The van der Waals surface area contributed by atoms with E-state index >= 15 is 0 Å². The summed E-state index contributed by atoms with van der Waals surface area (Å²) in [6.45, 7) is 7.84. The van der Waals surface area contributed by atoms with Crippen LogP contribution in [0.15, 0.2) is 5.16 Å². The smallest absolute Gasteiger partial charge is 0.341 e. The first kappa shape index (κ1) is 19.5. The molecule has 0 aliphatic heterocycles. The maximum absolute atomic E-state index is 12.3. The van der Waals surface area contributed by atoms with Crippen molar-refractivity contribution in [2.24, 2.45) is 7.05 Å². The van der Waals surface area contributed by atoms with E-state index in [0.29, 0.717) is 28.7 Å². The molecule has 0 fully saturated rings. The van der Waals surface area contributed by atoms with Crippen molar-refractivity contribution in [1.29, 1.82) is 0 Å². The van der Waals surface area contributed by atoms with Crippen LogP contribution in [0.25, 0.3) is 0 Å². The Morgan fingerprint density at radius 3 is 2.56 bits per heavy atom. The van der Waals surface area contributed by atoms with Crippen LogP contribution in [0.3, 0.4) is 0 Å². The summed E-state index contributed by atoms with van der Waals surface area (Å²) in [5.41, 5.74) is 1.40. The number of rotatable bonds is 7. The minimum absolute atomic E-state index is 0.187. The molecule has 7 nitrogen and oxygen atoms in total. The van der Waals surface area contributed by atoms with Crippen LogP contribution < -0.4 is 5.32 Å². The average Bonchev–Trinajstić information content (AvgIpc) is 3.05. The fourth-order valence-corrected chi connectivity index (χ4v) is 4.22. The monoisotopic (exact) mass is 382 g/mol. The van der Waals surface area contributed by atoms with Crippen LogP contribution in [0.2, 0.25) is 0 Å². The van der Waals surface area contributed by atoms with Gasteiger partial charge in [-0.25, -0.2) is 4.79 Å². The van der Waals surface area contributed by atoms with E-state index in [1.165, 1.54) is 23.1 Å². The molecular formula is C16H22N4O3S2. The van der Waals surface area contributed by atoms with Gasteiger partial charge in [-0.3, -0.25) is 4.79 Å². The Morgan fingerprint density at radius 2 is 2.00 bits per heavy atom. The largest absolute Gasteiger partial charge is 0.462 e. The number of esters is 1. The van der Waals surface area contributed by atoms with E-state index in [0.717, 1.165) is 16.3 Å². The Balaban J connectivity index is 2.12. The molecule has 2 heterocycles. The van der Waals surface area contributed by atoms with Gasteiger partial charge in [0.1, 0.15) is 10.8 Å². The predicted molar refractivity (Wildman–Crippen MR) is 99.5 cm³/mol. The highest BCUT2D eigenvalue weighted by Crippen LogP contribution is 2.34. The van der Waals surface area contributed by atoms with E-state index in [4.69, 9.17) is 4.74 Å². The Bertz CT molecular complexity index is 783. The molecule has 0 aliphatic carbocycles. The van der Waals surface area contributed by atoms with Gasteiger partial charge in [0, 0.05) is 11.9 Å². The number of carbonyl (C=O) groups is 2. The number of aromatic nitrogens is 3. The lowest BCUT2D eigenvalue weighted by atomic mass is 10.1. The molecule has 0 saturated carbocycles. The highest BCUT2D eigenvalue weighted by Gasteiger charge is 2.23. The Kier molecular flexibility index (Phi) is 6.60. The number of hydrogen-bond donors (Lipinski definition) is 1. The van der Waals surface area contributed by atoms with Crippen LogP contribution in [0.1, 0.15) is 40.5 Å². The number of carbonyl (C=O) groups excluding carboxylic acids is 2. The summed E-state index contributed by atoms with van der Waals surface area (Å²) >= 11 is 2.70. The van der Waals surface area contributed by atoms with Gasteiger partial charge in [0.15, 0.2) is 5.16 Å². The quantitative estimate of drug-likeness (QED) is 0.585. The number of amides is 1. The number of thiophene rings is 1. The lowest BCUT2D eigenvalue weighted by Gasteiger charge is -2.08. The SMILES string of the molecule is CCOC(=O)c1c(NC(=O)CSc2nnc(C)n2C)sc(C)c1CC. The zero-order chi connectivity index (χ0) is 18.6. The summed E-state index contributed by atoms with van der Waals surface area (Å²) in [7, 11) is 1.85. The number of hydrogen-bond acceptors (Lipinski definition) is 7. The van der Waals surface area contributed by atoms with Crippen LogP contribution in [-0.4, -0.2) is 39.0 Å². The molecule has 0 saturated heterocycles. The van der Waals surface area contributed by atoms with E-state index in [2.05, 4.69) is 15.5 Å². The highest BCUT2D eigenvalue weighted by atomic mass is 32.2. The normalized spacial score (nSPS) is 10.8. The minimum Gasteiger partial charge on any atom is -0.462 e. The van der Waals surface area contributed by atoms with Crippen LogP contribution in [0, 0.1) is 13.8 Å². The van der Waals surface area contributed by atoms with Crippen LogP contribution >= 0.6 is 23.1 Å². The molecule has 2 rings (SSSR count). The molecular weight excluding hydrogens is 360 g/mol. The molecule has 0 radical (unpaired) electrons. The lowest BCUT2D eigenvalue weighted by molar-refractivity contribution is -0.113. The van der Waals surface area contributed by atoms with Crippen molar-refractivity contribution in [3.63, 3.8) is 0 Å². The second kappa shape index (κ2) is 8.48. The third-order valence-electron chi connectivity index (χ3n) is 3.68. The topological polar surface area (TPSA) is 86.1 Å². The molecule has 136 valence electrons. The third kappa shape index (κ3) is 4.40. The van der Waals surface area contributed by atoms with E-state index in [-0.39, 0.29) is 11.7 Å². The molecule has 25 heavy (non-hydrogen) atoms. The molecule has 2 aromatic heterocycles. The Morgan fingerprint density at radius 1 is 1.28 bits per heavy atom. The molecule has 0 aliphatic rings. The van der Waals surface area contributed by atoms with Crippen molar-refractivity contribution in [3.8, 4) is 0 Å². The van der Waals surface area contributed by atoms with E-state index in [1.807, 2.05) is 32.4 Å². The van der Waals surface area contributed by atoms with E-state index in [1.54, 1.807) is 6.92 Å². The summed E-state index contributed by atoms with van der Waals surface area (Å²) < 4.78 is 6.97. The summed E-state index contributed by atoms with van der Waals surface area (Å²) in [4.78, 5) is 25.6. The van der Waals surface area contributed by atoms with Gasteiger partial charge in [-0.2, -0.15) is 0 Å². The molecule has 0 unspecified atom stereocenters. The summed E-state index contributed by atoms with van der Waals surface area (Å²) in [6.07, 6.45) is 0.708. The van der Waals surface area contributed by atoms with Gasteiger partial charge in [-0.1, -0.05) is 18.7 Å². The number of thioether (sulfide) groups is 1. The van der Waals surface area contributed by atoms with Crippen LogP contribution in [0.5, 0.6) is 0 Å². The van der Waals surface area contributed by atoms with Gasteiger partial charge in [-0.15, -0.1) is 21.5 Å². The number of ether oxygens (including phenoxy) is 1. The standard InChI is InChI=1S/C16H22N4O3S2/c1-6-11-9(3)25-14(13(11)15(22)23-7-2)17-12(21)8-24-16-19-18-10(4)20(16)5/h6-8H2,1-5H3,(H,17,21). The molecule has 1 amide bonds. The van der Waals surface area contributed by atoms with Crippen molar-refractivity contribution in [3.05, 3.63) is 21.8 Å². The fraction of sp³-hybridized carbons (Fsp3) is 0.500. The first-order chi connectivity index (χ1) is 11.9. The zero-order valence-corrected chi connectivity index (χ0v) is 16.6. The average molecular weight is 383 g/mol. The van der Waals surface area contributed by atoms with E-state index in [9.17, 15) is 9.59 Å². The van der Waals surface area contributed by atoms with Gasteiger partial charge in [0.25, 0.3) is 0 Å². The van der Waals surface area contributed by atoms with Gasteiger partial charge in [0.2, 0.25) is 5.91 Å². The van der Waals surface area contributed by atoms with Gasteiger partial charge < -0.3 is 14.6 Å². The third-order valence-corrected chi connectivity index (χ3v) is 5.76. The van der Waals surface area contributed by atoms with Gasteiger partial charge in [-0.05, 0) is 32.8 Å². The van der Waals surface area contributed by atoms with Gasteiger partial charge >= 0.3 is 5.97 Å². The molecule has 0 spiro atoms. The molecule has 9 heteroatoms. The molecule has 2 aromatic rings. The Labute approximate surface area is 155 Å². The number of nitrogens with one attached hydrogen (secondary N) is 1. The number of anilines is 1. The second-order valence-electron chi connectivity index (χ2n) is 5.34. The maximum atomic E-state index is 12.3. The predicted octanol–water partition coefficient (Wildman–Crippen LogP) is 2.96.